The monoisotopic (exact) mass is 357 g/mol. The minimum absolute atomic E-state index is 0.0652. The van der Waals surface area contributed by atoms with Crippen molar-refractivity contribution in [2.24, 2.45) is 5.92 Å². The lowest BCUT2D eigenvalue weighted by Crippen LogP contribution is -2.40. The Kier molecular flexibility index (Phi) is 5.55. The molecule has 0 unspecified atom stereocenters. The van der Waals surface area contributed by atoms with Crippen molar-refractivity contribution in [3.8, 4) is 17.0 Å². The number of H-pyrrole nitrogens is 1. The highest BCUT2D eigenvalue weighted by Gasteiger charge is 2.27. The van der Waals surface area contributed by atoms with Gasteiger partial charge in [-0.1, -0.05) is 0 Å². The number of aliphatic carboxylic acids is 1. The first kappa shape index (κ1) is 18.0. The molecule has 1 aromatic carbocycles. The van der Waals surface area contributed by atoms with E-state index in [1.807, 2.05) is 29.2 Å². The van der Waals surface area contributed by atoms with Crippen molar-refractivity contribution < 1.29 is 19.4 Å². The second-order valence-corrected chi connectivity index (χ2v) is 6.58. The smallest absolute Gasteiger partial charge is 0.303 e. The van der Waals surface area contributed by atoms with E-state index in [-0.39, 0.29) is 18.2 Å². The number of piperidine rings is 1. The van der Waals surface area contributed by atoms with Crippen LogP contribution in [0.25, 0.3) is 11.3 Å². The SMILES string of the molecule is COc1ccc(-c2[nH]ncc2C(=O)N2CCC[C@H](CCC(=O)O)C2)cc1. The Morgan fingerprint density at radius 2 is 2.12 bits per heavy atom. The Balaban J connectivity index is 1.73. The van der Waals surface area contributed by atoms with Crippen LogP contribution in [0.4, 0.5) is 0 Å². The molecule has 0 bridgehead atoms. The van der Waals surface area contributed by atoms with Crippen molar-refractivity contribution in [3.63, 3.8) is 0 Å². The van der Waals surface area contributed by atoms with Gasteiger partial charge in [0.25, 0.3) is 5.91 Å². The first-order chi connectivity index (χ1) is 12.6. The topological polar surface area (TPSA) is 95.5 Å². The molecular formula is C19H23N3O4. The molecule has 138 valence electrons. The van der Waals surface area contributed by atoms with Gasteiger partial charge in [0, 0.05) is 25.1 Å². The van der Waals surface area contributed by atoms with Crippen LogP contribution in [0.5, 0.6) is 5.75 Å². The van der Waals surface area contributed by atoms with Gasteiger partial charge in [-0.3, -0.25) is 14.7 Å². The number of rotatable bonds is 6. The second kappa shape index (κ2) is 8.03. The fourth-order valence-electron chi connectivity index (χ4n) is 3.41. The number of ether oxygens (including phenoxy) is 1. The molecule has 0 saturated carbocycles. The fraction of sp³-hybridized carbons (Fsp3) is 0.421. The second-order valence-electron chi connectivity index (χ2n) is 6.58. The summed E-state index contributed by atoms with van der Waals surface area (Å²) in [5, 5.41) is 15.8. The predicted octanol–water partition coefficient (Wildman–Crippen LogP) is 2.80. The van der Waals surface area contributed by atoms with E-state index in [0.717, 1.165) is 24.2 Å². The molecule has 2 N–H and O–H groups in total. The lowest BCUT2D eigenvalue weighted by atomic mass is 9.93. The highest BCUT2D eigenvalue weighted by atomic mass is 16.5. The molecule has 0 radical (unpaired) electrons. The minimum atomic E-state index is -0.787. The summed E-state index contributed by atoms with van der Waals surface area (Å²) in [6.07, 6.45) is 4.17. The minimum Gasteiger partial charge on any atom is -0.497 e. The van der Waals surface area contributed by atoms with Crippen LogP contribution < -0.4 is 4.74 Å². The lowest BCUT2D eigenvalue weighted by molar-refractivity contribution is -0.137. The van der Waals surface area contributed by atoms with E-state index < -0.39 is 5.97 Å². The van der Waals surface area contributed by atoms with E-state index in [0.29, 0.717) is 30.8 Å². The Morgan fingerprint density at radius 3 is 2.81 bits per heavy atom. The van der Waals surface area contributed by atoms with Crippen molar-refractivity contribution in [1.29, 1.82) is 0 Å². The van der Waals surface area contributed by atoms with Crippen LogP contribution in [-0.4, -0.2) is 52.3 Å². The summed E-state index contributed by atoms with van der Waals surface area (Å²) < 4.78 is 5.17. The number of carboxylic acid groups (broad SMARTS) is 1. The third-order valence-corrected chi connectivity index (χ3v) is 4.82. The average Bonchev–Trinajstić information content (AvgIpc) is 3.16. The molecule has 1 aliphatic rings. The van der Waals surface area contributed by atoms with E-state index in [9.17, 15) is 9.59 Å². The van der Waals surface area contributed by atoms with Gasteiger partial charge in [0.1, 0.15) is 5.75 Å². The maximum absolute atomic E-state index is 13.0. The van der Waals surface area contributed by atoms with E-state index >= 15 is 0 Å². The van der Waals surface area contributed by atoms with Crippen LogP contribution in [0, 0.1) is 5.92 Å². The number of carbonyl (C=O) groups excluding carboxylic acids is 1. The van der Waals surface area contributed by atoms with Crippen molar-refractivity contribution in [3.05, 3.63) is 36.0 Å². The molecule has 1 saturated heterocycles. The maximum Gasteiger partial charge on any atom is 0.303 e. The first-order valence-corrected chi connectivity index (χ1v) is 8.77. The van der Waals surface area contributed by atoms with E-state index in [2.05, 4.69) is 10.2 Å². The Hall–Kier alpha value is -2.83. The molecule has 0 spiro atoms. The van der Waals surface area contributed by atoms with Crippen molar-refractivity contribution in [2.75, 3.05) is 20.2 Å². The van der Waals surface area contributed by atoms with Crippen molar-refractivity contribution >= 4 is 11.9 Å². The Labute approximate surface area is 152 Å². The molecule has 3 rings (SSSR count). The molecule has 2 heterocycles. The third-order valence-electron chi connectivity index (χ3n) is 4.82. The number of likely N-dealkylation sites (tertiary alicyclic amines) is 1. The molecule has 1 fully saturated rings. The van der Waals surface area contributed by atoms with Gasteiger partial charge < -0.3 is 14.7 Å². The van der Waals surface area contributed by atoms with Gasteiger partial charge in [0.15, 0.2) is 0 Å². The summed E-state index contributed by atoms with van der Waals surface area (Å²) >= 11 is 0. The zero-order valence-electron chi connectivity index (χ0n) is 14.8. The summed E-state index contributed by atoms with van der Waals surface area (Å²) in [5.41, 5.74) is 2.09. The summed E-state index contributed by atoms with van der Waals surface area (Å²) in [4.78, 5) is 25.6. The number of nitrogens with zero attached hydrogens (tertiary/aromatic N) is 2. The van der Waals surface area contributed by atoms with Crippen LogP contribution in [-0.2, 0) is 4.79 Å². The number of carboxylic acids is 1. The standard InChI is InChI=1S/C19H23N3O4/c1-26-15-7-5-14(6-8-15)18-16(11-20-21-18)19(25)22-10-2-3-13(12-22)4-9-17(23)24/h5-8,11,13H,2-4,9-10,12H2,1H3,(H,20,21)(H,23,24)/t13-/m1/s1. The molecule has 1 aromatic heterocycles. The largest absolute Gasteiger partial charge is 0.497 e. The van der Waals surface area contributed by atoms with Crippen LogP contribution in [0.1, 0.15) is 36.0 Å². The Bertz CT molecular complexity index is 769. The molecule has 1 aliphatic heterocycles. The summed E-state index contributed by atoms with van der Waals surface area (Å²) in [7, 11) is 1.61. The van der Waals surface area contributed by atoms with E-state index in [4.69, 9.17) is 9.84 Å². The molecule has 0 aliphatic carbocycles. The lowest BCUT2D eigenvalue weighted by Gasteiger charge is -2.32. The average molecular weight is 357 g/mol. The molecule has 1 atom stereocenters. The van der Waals surface area contributed by atoms with Gasteiger partial charge in [-0.2, -0.15) is 5.10 Å². The molecule has 26 heavy (non-hydrogen) atoms. The fourth-order valence-corrected chi connectivity index (χ4v) is 3.41. The number of hydrogen-bond donors (Lipinski definition) is 2. The number of benzene rings is 1. The Morgan fingerprint density at radius 1 is 1.35 bits per heavy atom. The first-order valence-electron chi connectivity index (χ1n) is 8.77. The third kappa shape index (κ3) is 4.04. The van der Waals surface area contributed by atoms with Crippen molar-refractivity contribution in [2.45, 2.75) is 25.7 Å². The van der Waals surface area contributed by atoms with Gasteiger partial charge in [-0.15, -0.1) is 0 Å². The number of aromatic nitrogens is 2. The number of amides is 1. The van der Waals surface area contributed by atoms with Gasteiger partial charge in [-0.25, -0.2) is 0 Å². The molecule has 1 amide bonds. The summed E-state index contributed by atoms with van der Waals surface area (Å²) in [5.74, 6) is 0.133. The number of methoxy groups -OCH3 is 1. The van der Waals surface area contributed by atoms with Gasteiger partial charge >= 0.3 is 5.97 Å². The molecular weight excluding hydrogens is 334 g/mol. The van der Waals surface area contributed by atoms with Gasteiger partial charge in [0.2, 0.25) is 0 Å². The van der Waals surface area contributed by atoms with Gasteiger partial charge in [0.05, 0.1) is 24.6 Å². The normalized spacial score (nSPS) is 17.1. The summed E-state index contributed by atoms with van der Waals surface area (Å²) in [6.45, 7) is 1.29. The maximum atomic E-state index is 13.0. The van der Waals surface area contributed by atoms with Crippen LogP contribution in [0.3, 0.4) is 0 Å². The zero-order valence-corrected chi connectivity index (χ0v) is 14.8. The quantitative estimate of drug-likeness (QED) is 0.829. The van der Waals surface area contributed by atoms with Crippen molar-refractivity contribution in [1.82, 2.24) is 15.1 Å². The number of carbonyl (C=O) groups is 2. The molecule has 7 nitrogen and oxygen atoms in total. The van der Waals surface area contributed by atoms with E-state index in [1.165, 1.54) is 0 Å². The van der Waals surface area contributed by atoms with Crippen LogP contribution in [0.15, 0.2) is 30.5 Å². The van der Waals surface area contributed by atoms with Crippen LogP contribution in [0.2, 0.25) is 0 Å². The van der Waals surface area contributed by atoms with Crippen LogP contribution >= 0.6 is 0 Å². The number of nitrogens with one attached hydrogen (secondary N) is 1. The van der Waals surface area contributed by atoms with Gasteiger partial charge in [-0.05, 0) is 49.4 Å². The highest BCUT2D eigenvalue weighted by Crippen LogP contribution is 2.27. The highest BCUT2D eigenvalue weighted by molar-refractivity contribution is 5.99. The molecule has 2 aromatic rings. The number of aromatic amines is 1. The summed E-state index contributed by atoms with van der Waals surface area (Å²) in [6, 6.07) is 7.45. The number of hydrogen-bond acceptors (Lipinski definition) is 4. The van der Waals surface area contributed by atoms with E-state index in [1.54, 1.807) is 13.3 Å². The zero-order chi connectivity index (χ0) is 18.5. The molecule has 7 heteroatoms. The predicted molar refractivity (Wildman–Crippen MR) is 96.1 cm³/mol.